The van der Waals surface area contributed by atoms with E-state index in [1.54, 1.807) is 24.3 Å². The lowest BCUT2D eigenvalue weighted by molar-refractivity contribution is -0.141. The summed E-state index contributed by atoms with van der Waals surface area (Å²) >= 11 is 0. The number of hydrogen-bond donors (Lipinski definition) is 3. The molecule has 1 aliphatic carbocycles. The summed E-state index contributed by atoms with van der Waals surface area (Å²) in [5, 5.41) is 8.37. The minimum absolute atomic E-state index is 0.0118. The maximum Gasteiger partial charge on any atom is 0.325 e. The van der Waals surface area contributed by atoms with Gasteiger partial charge in [0.1, 0.15) is 6.54 Å². The van der Waals surface area contributed by atoms with Crippen LogP contribution in [0.1, 0.15) is 35.6 Å². The molecule has 3 rings (SSSR count). The predicted octanol–water partition coefficient (Wildman–Crippen LogP) is 2.72. The van der Waals surface area contributed by atoms with Crippen LogP contribution < -0.4 is 16.0 Å². The fourth-order valence-corrected chi connectivity index (χ4v) is 3.43. The van der Waals surface area contributed by atoms with E-state index in [0.29, 0.717) is 5.69 Å². The minimum atomic E-state index is -0.496. The van der Waals surface area contributed by atoms with Gasteiger partial charge in [-0.25, -0.2) is 4.79 Å². The monoisotopic (exact) mass is 395 g/mol. The van der Waals surface area contributed by atoms with Crippen molar-refractivity contribution in [3.63, 3.8) is 0 Å². The van der Waals surface area contributed by atoms with Crippen LogP contribution in [0.3, 0.4) is 0 Å². The van der Waals surface area contributed by atoms with Crippen LogP contribution in [0.5, 0.6) is 0 Å². The molecule has 7 heteroatoms. The summed E-state index contributed by atoms with van der Waals surface area (Å²) in [5.74, 6) is -0.769. The second kappa shape index (κ2) is 9.73. The lowest BCUT2D eigenvalue weighted by Crippen LogP contribution is -2.34. The molecule has 2 aromatic carbocycles. The van der Waals surface area contributed by atoms with Gasteiger partial charge >= 0.3 is 12.0 Å². The Morgan fingerprint density at radius 2 is 1.83 bits per heavy atom. The van der Waals surface area contributed by atoms with Gasteiger partial charge in [0.2, 0.25) is 5.91 Å². The molecule has 0 aromatic heterocycles. The first-order chi connectivity index (χ1) is 14.0. The molecule has 0 radical (unpaired) electrons. The number of hydrogen-bond acceptors (Lipinski definition) is 4. The van der Waals surface area contributed by atoms with Gasteiger partial charge in [-0.3, -0.25) is 9.59 Å². The molecule has 1 atom stereocenters. The van der Waals surface area contributed by atoms with Crippen molar-refractivity contribution in [2.24, 2.45) is 0 Å². The third-order valence-electron chi connectivity index (χ3n) is 4.91. The molecule has 0 fully saturated rings. The standard InChI is InChI=1S/C22H25N3O4/c1-29-21(27)14-23-20(26)13-15-9-11-17(12-10-15)24-22(28)25-19-8-4-6-16-5-2-3-7-18(16)19/h2-3,5,7,9-12,19H,4,6,8,13-14H2,1H3,(H,23,26)(H2,24,25,28)/t19-/m1/s1. The van der Waals surface area contributed by atoms with Crippen LogP contribution in [-0.4, -0.2) is 31.6 Å². The zero-order chi connectivity index (χ0) is 20.6. The Morgan fingerprint density at radius 3 is 2.59 bits per heavy atom. The molecule has 7 nitrogen and oxygen atoms in total. The molecule has 0 spiro atoms. The summed E-state index contributed by atoms with van der Waals surface area (Å²) in [6.07, 6.45) is 3.16. The van der Waals surface area contributed by atoms with E-state index in [-0.39, 0.29) is 30.9 Å². The van der Waals surface area contributed by atoms with Crippen molar-refractivity contribution < 1.29 is 19.1 Å². The normalized spacial score (nSPS) is 15.0. The number of urea groups is 1. The molecule has 0 aliphatic heterocycles. The first kappa shape index (κ1) is 20.4. The molecule has 1 aliphatic rings. The van der Waals surface area contributed by atoms with E-state index in [9.17, 15) is 14.4 Å². The molecule has 152 valence electrons. The van der Waals surface area contributed by atoms with Crippen LogP contribution in [0, 0.1) is 0 Å². The SMILES string of the molecule is COC(=O)CNC(=O)Cc1ccc(NC(=O)N[C@@H]2CCCc3ccccc32)cc1. The number of carbonyl (C=O) groups excluding carboxylic acids is 3. The maximum atomic E-state index is 12.4. The van der Waals surface area contributed by atoms with Crippen molar-refractivity contribution in [2.75, 3.05) is 19.0 Å². The molecule has 0 bridgehead atoms. The molecule has 0 unspecified atom stereocenters. The van der Waals surface area contributed by atoms with E-state index in [1.165, 1.54) is 18.2 Å². The number of esters is 1. The lowest BCUT2D eigenvalue weighted by Gasteiger charge is -2.26. The zero-order valence-corrected chi connectivity index (χ0v) is 16.4. The van der Waals surface area contributed by atoms with Gasteiger partial charge in [-0.1, -0.05) is 36.4 Å². The Hall–Kier alpha value is -3.35. The highest BCUT2D eigenvalue weighted by Gasteiger charge is 2.21. The van der Waals surface area contributed by atoms with Crippen LogP contribution in [-0.2, 0) is 27.2 Å². The van der Waals surface area contributed by atoms with Gasteiger partial charge in [0.15, 0.2) is 0 Å². The van der Waals surface area contributed by atoms with Crippen LogP contribution in [0.25, 0.3) is 0 Å². The van der Waals surface area contributed by atoms with Crippen LogP contribution in [0.15, 0.2) is 48.5 Å². The zero-order valence-electron chi connectivity index (χ0n) is 16.4. The molecule has 0 heterocycles. The minimum Gasteiger partial charge on any atom is -0.468 e. The lowest BCUT2D eigenvalue weighted by atomic mass is 9.88. The predicted molar refractivity (Wildman–Crippen MR) is 109 cm³/mol. The van der Waals surface area contributed by atoms with Gasteiger partial charge in [-0.15, -0.1) is 0 Å². The third-order valence-corrected chi connectivity index (χ3v) is 4.91. The summed E-state index contributed by atoms with van der Waals surface area (Å²) in [7, 11) is 1.27. The summed E-state index contributed by atoms with van der Waals surface area (Å²) in [4.78, 5) is 35.3. The first-order valence-electron chi connectivity index (χ1n) is 9.63. The van der Waals surface area contributed by atoms with Crippen molar-refractivity contribution in [3.8, 4) is 0 Å². The van der Waals surface area contributed by atoms with Crippen molar-refractivity contribution in [2.45, 2.75) is 31.7 Å². The second-order valence-electron chi connectivity index (χ2n) is 6.97. The van der Waals surface area contributed by atoms with Gasteiger partial charge in [0, 0.05) is 5.69 Å². The number of anilines is 1. The van der Waals surface area contributed by atoms with Gasteiger partial charge in [-0.05, 0) is 48.1 Å². The van der Waals surface area contributed by atoms with Gasteiger partial charge in [-0.2, -0.15) is 0 Å². The Bertz CT molecular complexity index is 880. The fourth-order valence-electron chi connectivity index (χ4n) is 3.43. The van der Waals surface area contributed by atoms with E-state index in [4.69, 9.17) is 0 Å². The van der Waals surface area contributed by atoms with Gasteiger partial charge < -0.3 is 20.7 Å². The second-order valence-corrected chi connectivity index (χ2v) is 6.97. The molecule has 0 saturated heterocycles. The highest BCUT2D eigenvalue weighted by atomic mass is 16.5. The van der Waals surface area contributed by atoms with E-state index in [2.05, 4.69) is 32.8 Å². The van der Waals surface area contributed by atoms with E-state index in [1.807, 2.05) is 12.1 Å². The van der Waals surface area contributed by atoms with Crippen molar-refractivity contribution in [1.82, 2.24) is 10.6 Å². The number of benzene rings is 2. The Labute approximate surface area is 169 Å². The summed E-state index contributed by atoms with van der Waals surface area (Å²) in [6.45, 7) is -0.153. The molecule has 2 aromatic rings. The average Bonchev–Trinajstić information content (AvgIpc) is 2.73. The molecule has 0 saturated carbocycles. The van der Waals surface area contributed by atoms with E-state index >= 15 is 0 Å². The quantitative estimate of drug-likeness (QED) is 0.655. The maximum absolute atomic E-state index is 12.4. The van der Waals surface area contributed by atoms with E-state index < -0.39 is 5.97 Å². The number of rotatable bonds is 6. The van der Waals surface area contributed by atoms with Crippen LogP contribution in [0.4, 0.5) is 10.5 Å². The Balaban J connectivity index is 1.50. The smallest absolute Gasteiger partial charge is 0.325 e. The molecule has 3 amide bonds. The van der Waals surface area contributed by atoms with Gasteiger partial charge in [0.25, 0.3) is 0 Å². The van der Waals surface area contributed by atoms with Crippen molar-refractivity contribution >= 4 is 23.6 Å². The molecular weight excluding hydrogens is 370 g/mol. The summed E-state index contributed by atoms with van der Waals surface area (Å²) in [5.41, 5.74) is 3.89. The number of fused-ring (bicyclic) bond motifs is 1. The average molecular weight is 395 g/mol. The number of carbonyl (C=O) groups is 3. The largest absolute Gasteiger partial charge is 0.468 e. The fraction of sp³-hybridized carbons (Fsp3) is 0.318. The van der Waals surface area contributed by atoms with Gasteiger partial charge in [0.05, 0.1) is 19.6 Å². The topological polar surface area (TPSA) is 96.5 Å². The van der Waals surface area contributed by atoms with Crippen LogP contribution in [0.2, 0.25) is 0 Å². The highest BCUT2D eigenvalue weighted by Crippen LogP contribution is 2.29. The molecule has 29 heavy (non-hydrogen) atoms. The molecular formula is C22H25N3O4. The third kappa shape index (κ3) is 5.81. The number of methoxy groups -OCH3 is 1. The number of nitrogens with one attached hydrogen (secondary N) is 3. The summed E-state index contributed by atoms with van der Waals surface area (Å²) < 4.78 is 4.48. The summed E-state index contributed by atoms with van der Waals surface area (Å²) in [6, 6.07) is 15.0. The number of ether oxygens (including phenoxy) is 1. The van der Waals surface area contributed by atoms with E-state index in [0.717, 1.165) is 24.8 Å². The molecule has 3 N–H and O–H groups in total. The number of aryl methyl sites for hydroxylation is 1. The Morgan fingerprint density at radius 1 is 1.07 bits per heavy atom. The van der Waals surface area contributed by atoms with Crippen LogP contribution >= 0.6 is 0 Å². The number of amides is 3. The first-order valence-corrected chi connectivity index (χ1v) is 9.63. The Kier molecular flexibility index (Phi) is 6.84. The highest BCUT2D eigenvalue weighted by molar-refractivity contribution is 5.89. The van der Waals surface area contributed by atoms with Crippen molar-refractivity contribution in [1.29, 1.82) is 0 Å². The van der Waals surface area contributed by atoms with Crippen molar-refractivity contribution in [3.05, 3.63) is 65.2 Å².